The van der Waals surface area contributed by atoms with Crippen molar-refractivity contribution in [3.63, 3.8) is 0 Å². The number of methoxy groups -OCH3 is 1. The number of rotatable bonds is 31. The summed E-state index contributed by atoms with van der Waals surface area (Å²) in [5, 5.41) is 3.08. The number of hydrogen-bond donors (Lipinski definition) is 9. The summed E-state index contributed by atoms with van der Waals surface area (Å²) in [6.45, 7) is 7.79. The number of guanidine groups is 4. The number of carbonyl (C=O) groups is 3. The Morgan fingerprint density at radius 1 is 0.596 bits per heavy atom. The summed E-state index contributed by atoms with van der Waals surface area (Å²) in [5.74, 6) is 0.434. The molecule has 0 aromatic carbocycles. The zero-order chi connectivity index (χ0) is 63.8. The number of aliphatic imine (C=N–C) groups is 5. The van der Waals surface area contributed by atoms with Crippen molar-refractivity contribution in [1.82, 2.24) is 20.0 Å². The standard InChI is InChI=1S/C60H107Br2N17O10/c1-3-84-47-35-42(83-2)16-18-45(47)55-76-50(37-7-12-40(61)13-8-37)51(38-9-14-41(62)15-10-38)79(55)60(82)78-27-25-77(26-28-78)29-34-86-49(81)20-19-48(80)75-36-39-11-17-44(54(89-33-24-74-59(69)70)52(39)87-31-22-72-57(65)66)43-5-4-6-46(85-30-21-71-56(63)64)53(43)88-32-23-73-58(67)68/h37-47,50-54H,3-36H2,1-2H3,(H,75,80)(H4,63,64,71)(H4,65,66,72)(H4,67,68,73)(H4,69,70,74). The fourth-order valence-corrected chi connectivity index (χ4v) is 16.0. The highest BCUT2D eigenvalue weighted by Crippen LogP contribution is 2.47. The number of amidine groups is 1. The molecule has 0 bridgehead atoms. The first-order valence-electron chi connectivity index (χ1n) is 32.8. The van der Waals surface area contributed by atoms with Crippen molar-refractivity contribution in [3.8, 4) is 0 Å². The van der Waals surface area contributed by atoms with Crippen LogP contribution in [0.1, 0.15) is 122 Å². The SMILES string of the molecule is CCOC1CC(OC)CCC1C1=NC(C2CCC(Br)CC2)C(C2CCC(Br)CC2)N1C(=O)N1CCN(CCOC(=O)CCC(=O)NCC2CCC(C3CCCC(OCCN=C(N)N)C3OCCN=C(N)N)C(OCCN=C(N)N)C2OCCN=C(N)N)CC1. The molecule has 0 aromatic heterocycles. The van der Waals surface area contributed by atoms with Crippen LogP contribution in [0.2, 0.25) is 0 Å². The molecular formula is C60H107Br2N17O10. The molecule has 2 aliphatic heterocycles. The molecule has 0 spiro atoms. The van der Waals surface area contributed by atoms with Gasteiger partial charge >= 0.3 is 12.0 Å². The average Bonchev–Trinajstić information content (AvgIpc) is 1.66. The summed E-state index contributed by atoms with van der Waals surface area (Å²) in [7, 11) is 1.78. The van der Waals surface area contributed by atoms with Crippen molar-refractivity contribution < 1.29 is 47.5 Å². The van der Waals surface area contributed by atoms with Gasteiger partial charge < -0.3 is 89.2 Å². The number of piperazine rings is 1. The van der Waals surface area contributed by atoms with Gasteiger partial charge in [-0.15, -0.1) is 0 Å². The molecule has 506 valence electrons. The Morgan fingerprint density at radius 3 is 1.74 bits per heavy atom. The van der Waals surface area contributed by atoms with Crippen molar-refractivity contribution in [3.05, 3.63) is 0 Å². The maximum Gasteiger partial charge on any atom is 0.325 e. The summed E-state index contributed by atoms with van der Waals surface area (Å²) in [5.41, 5.74) is 45.3. The van der Waals surface area contributed by atoms with Crippen LogP contribution in [0.5, 0.6) is 0 Å². The van der Waals surface area contributed by atoms with E-state index in [0.29, 0.717) is 73.7 Å². The number of esters is 1. The fraction of sp³-hybridized carbons (Fsp3) is 0.867. The molecule has 7 aliphatic rings. The van der Waals surface area contributed by atoms with Gasteiger partial charge in [0, 0.05) is 87.3 Å². The predicted octanol–water partition coefficient (Wildman–Crippen LogP) is 2.20. The summed E-state index contributed by atoms with van der Waals surface area (Å²) >= 11 is 7.82. The largest absolute Gasteiger partial charge is 0.464 e. The first kappa shape index (κ1) is 72.1. The Balaban J connectivity index is 0.944. The van der Waals surface area contributed by atoms with Crippen LogP contribution in [0, 0.1) is 35.5 Å². The Labute approximate surface area is 543 Å². The molecular weight excluding hydrogens is 1280 g/mol. The molecule has 3 amide bonds. The van der Waals surface area contributed by atoms with Gasteiger partial charge in [0.1, 0.15) is 12.4 Å². The topological polar surface area (TPSA) is 408 Å². The number of nitrogens with one attached hydrogen (secondary N) is 1. The molecule has 27 nitrogen and oxygen atoms in total. The first-order valence-corrected chi connectivity index (χ1v) is 34.7. The Kier molecular flexibility index (Phi) is 30.3. The lowest BCUT2D eigenvalue weighted by Crippen LogP contribution is -2.60. The second kappa shape index (κ2) is 37.4. The lowest BCUT2D eigenvalue weighted by molar-refractivity contribution is -0.182. The third kappa shape index (κ3) is 22.2. The molecule has 2 heterocycles. The second-order valence-electron chi connectivity index (χ2n) is 25.0. The number of halogens is 2. The van der Waals surface area contributed by atoms with E-state index in [9.17, 15) is 9.59 Å². The molecule has 6 fully saturated rings. The van der Waals surface area contributed by atoms with Gasteiger partial charge in [-0.25, -0.2) is 4.79 Å². The quantitative estimate of drug-likeness (QED) is 0.0158. The summed E-state index contributed by atoms with van der Waals surface area (Å²) in [6.07, 6.45) is 13.3. The number of urea groups is 1. The number of amides is 3. The summed E-state index contributed by atoms with van der Waals surface area (Å²) in [4.78, 5) is 72.0. The van der Waals surface area contributed by atoms with Gasteiger partial charge in [-0.05, 0) is 120 Å². The van der Waals surface area contributed by atoms with E-state index in [1.807, 2.05) is 11.8 Å². The summed E-state index contributed by atoms with van der Waals surface area (Å²) < 4.78 is 44.5. The molecule has 89 heavy (non-hydrogen) atoms. The normalized spacial score (nSPS) is 31.8. The van der Waals surface area contributed by atoms with Crippen molar-refractivity contribution in [2.75, 3.05) is 112 Å². The summed E-state index contributed by atoms with van der Waals surface area (Å²) in [6, 6.07) is 0.129. The molecule has 1 saturated heterocycles. The minimum absolute atomic E-state index is 0.0105. The monoisotopic (exact) mass is 1380 g/mol. The van der Waals surface area contributed by atoms with Gasteiger partial charge in [-0.1, -0.05) is 38.3 Å². The number of ether oxygens (including phenoxy) is 7. The van der Waals surface area contributed by atoms with Gasteiger partial charge in [0.15, 0.2) is 23.8 Å². The number of nitrogens with zero attached hydrogens (tertiary/aromatic N) is 8. The minimum Gasteiger partial charge on any atom is -0.464 e. The van der Waals surface area contributed by atoms with Gasteiger partial charge in [-0.2, -0.15) is 0 Å². The Bertz CT molecular complexity index is 2330. The molecule has 17 N–H and O–H groups in total. The molecule has 29 heteroatoms. The third-order valence-electron chi connectivity index (χ3n) is 19.2. The molecule has 7 rings (SSSR count). The van der Waals surface area contributed by atoms with Crippen LogP contribution in [0.15, 0.2) is 25.0 Å². The Hall–Kier alpha value is -4.36. The van der Waals surface area contributed by atoms with Crippen LogP contribution < -0.4 is 51.2 Å². The van der Waals surface area contributed by atoms with Crippen molar-refractivity contribution in [2.45, 2.75) is 181 Å². The van der Waals surface area contributed by atoms with Crippen molar-refractivity contribution >= 4 is 79.4 Å². The third-order valence-corrected chi connectivity index (χ3v) is 21.1. The second-order valence-corrected chi connectivity index (χ2v) is 27.6. The lowest BCUT2D eigenvalue weighted by atomic mass is 9.66. The van der Waals surface area contributed by atoms with Gasteiger partial charge in [0.25, 0.3) is 0 Å². The molecule has 0 radical (unpaired) electrons. The smallest absolute Gasteiger partial charge is 0.325 e. The number of hydrogen-bond acceptors (Lipinski definition) is 16. The lowest BCUT2D eigenvalue weighted by Gasteiger charge is -2.49. The van der Waals surface area contributed by atoms with Gasteiger partial charge in [0.2, 0.25) is 5.91 Å². The van der Waals surface area contributed by atoms with Crippen molar-refractivity contribution in [1.29, 1.82) is 0 Å². The first-order chi connectivity index (χ1) is 42.9. The van der Waals surface area contributed by atoms with E-state index in [1.54, 1.807) is 7.11 Å². The average molecular weight is 1390 g/mol. The van der Waals surface area contributed by atoms with Gasteiger partial charge in [-0.3, -0.25) is 44.4 Å². The number of nitrogens with two attached hydrogens (primary N) is 8. The molecule has 12 unspecified atom stereocenters. The zero-order valence-electron chi connectivity index (χ0n) is 52.8. The maximum atomic E-state index is 15.4. The predicted molar refractivity (Wildman–Crippen MR) is 352 cm³/mol. The van der Waals surface area contributed by atoms with E-state index in [-0.39, 0.29) is 175 Å². The van der Waals surface area contributed by atoms with Crippen LogP contribution >= 0.6 is 31.9 Å². The maximum absolute atomic E-state index is 15.4. The van der Waals surface area contributed by atoms with E-state index in [1.165, 1.54) is 0 Å². The molecule has 12 atom stereocenters. The van der Waals surface area contributed by atoms with Crippen molar-refractivity contribution in [2.24, 2.45) is 106 Å². The highest BCUT2D eigenvalue weighted by atomic mass is 79.9. The number of alkyl halides is 2. The molecule has 5 aliphatic carbocycles. The van der Waals surface area contributed by atoms with Crippen LogP contribution in [-0.4, -0.2) is 233 Å². The Morgan fingerprint density at radius 2 is 1.16 bits per heavy atom. The van der Waals surface area contributed by atoms with E-state index in [2.05, 4.69) is 66.9 Å². The van der Waals surface area contributed by atoms with Crippen LogP contribution in [0.25, 0.3) is 0 Å². The van der Waals surface area contributed by atoms with E-state index in [4.69, 9.17) is 84.0 Å². The van der Waals surface area contributed by atoms with Crippen LogP contribution in [0.4, 0.5) is 4.79 Å². The zero-order valence-corrected chi connectivity index (χ0v) is 56.0. The van der Waals surface area contributed by atoms with Gasteiger partial charge in [0.05, 0.1) is 108 Å². The molecule has 5 saturated carbocycles. The fourth-order valence-electron chi connectivity index (χ4n) is 14.9. The number of carbonyl (C=O) groups excluding carboxylic acids is 3. The van der Waals surface area contributed by atoms with Crippen LogP contribution in [-0.2, 0) is 42.7 Å². The minimum atomic E-state index is -0.536. The van der Waals surface area contributed by atoms with Crippen LogP contribution in [0.3, 0.4) is 0 Å². The van der Waals surface area contributed by atoms with E-state index >= 15 is 4.79 Å². The molecule has 0 aromatic rings. The van der Waals surface area contributed by atoms with E-state index in [0.717, 1.165) is 95.7 Å². The highest BCUT2D eigenvalue weighted by molar-refractivity contribution is 9.09. The van der Waals surface area contributed by atoms with E-state index < -0.39 is 18.2 Å². The highest BCUT2D eigenvalue weighted by Gasteiger charge is 2.53.